The number of carbonyl (C=O) groups is 1. The van der Waals surface area contributed by atoms with E-state index >= 15 is 0 Å². The van der Waals surface area contributed by atoms with E-state index in [-0.39, 0.29) is 0 Å². The molecule has 0 spiro atoms. The van der Waals surface area contributed by atoms with Crippen molar-refractivity contribution in [3.8, 4) is 6.07 Å². The summed E-state index contributed by atoms with van der Waals surface area (Å²) in [5.74, 6) is -1.16. The number of nitrogens with zero attached hydrogens (tertiary/aromatic N) is 1. The largest absolute Gasteiger partial charge is 0.455 e. The average Bonchev–Trinajstić information content (AvgIpc) is 1.83. The van der Waals surface area contributed by atoms with E-state index in [0.29, 0.717) is 0 Å². The number of esters is 1. The molecule has 0 amide bonds. The zero-order chi connectivity index (χ0) is 8.91. The minimum absolute atomic E-state index is 0.657. The molecule has 0 fully saturated rings. The summed E-state index contributed by atoms with van der Waals surface area (Å²) in [6.45, 7) is -1.63. The van der Waals surface area contributed by atoms with Crippen molar-refractivity contribution < 1.29 is 22.7 Å². The second-order valence-corrected chi connectivity index (χ2v) is 1.61. The summed E-state index contributed by atoms with van der Waals surface area (Å²) >= 11 is 0. The van der Waals surface area contributed by atoms with Gasteiger partial charge < -0.3 is 4.74 Å². The molecule has 0 unspecified atom stereocenters. The molecule has 0 N–H and O–H groups in total. The van der Waals surface area contributed by atoms with Crippen molar-refractivity contribution in [3.63, 3.8) is 0 Å². The van der Waals surface area contributed by atoms with Gasteiger partial charge in [0.2, 0.25) is 0 Å². The normalized spacial score (nSPS) is 10.4. The van der Waals surface area contributed by atoms with Crippen molar-refractivity contribution in [2.45, 2.75) is 12.6 Å². The van der Waals surface area contributed by atoms with Crippen LogP contribution in [-0.4, -0.2) is 18.8 Å². The van der Waals surface area contributed by atoms with Gasteiger partial charge in [0.15, 0.2) is 6.61 Å². The van der Waals surface area contributed by atoms with Crippen LogP contribution in [0.4, 0.5) is 13.2 Å². The Bertz CT molecular complexity index is 181. The quantitative estimate of drug-likeness (QED) is 0.576. The first-order valence-electron chi connectivity index (χ1n) is 2.55. The van der Waals surface area contributed by atoms with Crippen LogP contribution in [-0.2, 0) is 9.53 Å². The van der Waals surface area contributed by atoms with Gasteiger partial charge >= 0.3 is 12.1 Å². The van der Waals surface area contributed by atoms with Gasteiger partial charge in [0.25, 0.3) is 0 Å². The second kappa shape index (κ2) is 3.81. The molecule has 0 heterocycles. The van der Waals surface area contributed by atoms with E-state index in [2.05, 4.69) is 4.74 Å². The molecular formula is C5H4F3NO2. The number of halogens is 3. The molecule has 0 aliphatic heterocycles. The molecule has 3 nitrogen and oxygen atoms in total. The molecule has 0 aromatic rings. The number of rotatable bonds is 2. The summed E-state index contributed by atoms with van der Waals surface area (Å²) in [4.78, 5) is 10.1. The highest BCUT2D eigenvalue weighted by Gasteiger charge is 2.29. The molecule has 0 rings (SSSR count). The average molecular weight is 167 g/mol. The molecular weight excluding hydrogens is 163 g/mol. The summed E-state index contributed by atoms with van der Waals surface area (Å²) in [5, 5.41) is 7.83. The molecule has 6 heteroatoms. The molecule has 0 saturated heterocycles. The number of ether oxygens (including phenoxy) is 1. The lowest BCUT2D eigenvalue weighted by molar-refractivity contribution is -0.185. The lowest BCUT2D eigenvalue weighted by atomic mass is 10.5. The Labute approximate surface area is 60.4 Å². The van der Waals surface area contributed by atoms with Crippen LogP contribution >= 0.6 is 0 Å². The zero-order valence-corrected chi connectivity index (χ0v) is 5.31. The second-order valence-electron chi connectivity index (χ2n) is 1.61. The minimum atomic E-state index is -4.52. The number of alkyl halides is 3. The maximum Gasteiger partial charge on any atom is 0.422 e. The van der Waals surface area contributed by atoms with E-state index in [4.69, 9.17) is 5.26 Å². The first-order chi connectivity index (χ1) is 4.95. The Morgan fingerprint density at radius 2 is 2.09 bits per heavy atom. The van der Waals surface area contributed by atoms with E-state index < -0.39 is 25.2 Å². The SMILES string of the molecule is N#CCC(=O)OCC(F)(F)F. The Morgan fingerprint density at radius 3 is 2.45 bits per heavy atom. The maximum absolute atomic E-state index is 11.3. The van der Waals surface area contributed by atoms with Gasteiger partial charge in [0.1, 0.15) is 6.42 Å². The van der Waals surface area contributed by atoms with Crippen LogP contribution in [0, 0.1) is 11.3 Å². The molecule has 0 bridgehead atoms. The highest BCUT2D eigenvalue weighted by Crippen LogP contribution is 2.14. The van der Waals surface area contributed by atoms with Gasteiger partial charge in [-0.05, 0) is 0 Å². The van der Waals surface area contributed by atoms with E-state index in [1.54, 1.807) is 0 Å². The van der Waals surface area contributed by atoms with Gasteiger partial charge in [0, 0.05) is 0 Å². The Balaban J connectivity index is 3.57. The summed E-state index contributed by atoms with van der Waals surface area (Å²) < 4.78 is 37.5. The Morgan fingerprint density at radius 1 is 1.55 bits per heavy atom. The molecule has 0 aromatic heterocycles. The minimum Gasteiger partial charge on any atom is -0.455 e. The van der Waals surface area contributed by atoms with Gasteiger partial charge in [0.05, 0.1) is 6.07 Å². The van der Waals surface area contributed by atoms with E-state index in [9.17, 15) is 18.0 Å². The third-order valence-corrected chi connectivity index (χ3v) is 0.620. The standard InChI is InChI=1S/C5H4F3NO2/c6-5(7,8)3-11-4(10)1-2-9/h1,3H2. The fraction of sp³-hybridized carbons (Fsp3) is 0.600. The van der Waals surface area contributed by atoms with Gasteiger partial charge in [-0.25, -0.2) is 0 Å². The van der Waals surface area contributed by atoms with Crippen molar-refractivity contribution in [2.75, 3.05) is 6.61 Å². The predicted octanol–water partition coefficient (Wildman–Crippen LogP) is 1.01. The van der Waals surface area contributed by atoms with Crippen LogP contribution in [0.5, 0.6) is 0 Å². The van der Waals surface area contributed by atoms with Crippen LogP contribution in [0.15, 0.2) is 0 Å². The molecule has 0 atom stereocenters. The summed E-state index contributed by atoms with van der Waals surface area (Å²) in [5.41, 5.74) is 0. The zero-order valence-electron chi connectivity index (χ0n) is 5.31. The van der Waals surface area contributed by atoms with E-state index in [1.165, 1.54) is 6.07 Å². The summed E-state index contributed by atoms with van der Waals surface area (Å²) in [6, 6.07) is 1.36. The van der Waals surface area contributed by atoms with Crippen molar-refractivity contribution in [1.82, 2.24) is 0 Å². The lowest BCUT2D eigenvalue weighted by Crippen LogP contribution is -2.19. The smallest absolute Gasteiger partial charge is 0.422 e. The van der Waals surface area contributed by atoms with Gasteiger partial charge in [-0.3, -0.25) is 4.79 Å². The molecule has 0 aliphatic carbocycles. The van der Waals surface area contributed by atoms with Crippen LogP contribution in [0.2, 0.25) is 0 Å². The number of carbonyl (C=O) groups excluding carboxylic acids is 1. The molecule has 0 aromatic carbocycles. The maximum atomic E-state index is 11.3. The first-order valence-corrected chi connectivity index (χ1v) is 2.55. The van der Waals surface area contributed by atoms with Crippen molar-refractivity contribution in [1.29, 1.82) is 5.26 Å². The molecule has 0 aliphatic rings. The van der Waals surface area contributed by atoms with Crippen LogP contribution in [0.25, 0.3) is 0 Å². The highest BCUT2D eigenvalue weighted by molar-refractivity contribution is 5.71. The van der Waals surface area contributed by atoms with Gasteiger partial charge in [-0.1, -0.05) is 0 Å². The highest BCUT2D eigenvalue weighted by atomic mass is 19.4. The third-order valence-electron chi connectivity index (χ3n) is 0.620. The Hall–Kier alpha value is -1.25. The van der Waals surface area contributed by atoms with Crippen molar-refractivity contribution in [3.05, 3.63) is 0 Å². The summed E-state index contributed by atoms with van der Waals surface area (Å²) in [6.07, 6.45) is -5.18. The van der Waals surface area contributed by atoms with Gasteiger partial charge in [-0.15, -0.1) is 0 Å². The topological polar surface area (TPSA) is 50.1 Å². The van der Waals surface area contributed by atoms with Crippen LogP contribution in [0.3, 0.4) is 0 Å². The number of nitriles is 1. The van der Waals surface area contributed by atoms with E-state index in [1.807, 2.05) is 0 Å². The number of hydrogen-bond donors (Lipinski definition) is 0. The van der Waals surface area contributed by atoms with Crippen LogP contribution in [0.1, 0.15) is 6.42 Å². The fourth-order valence-electron chi connectivity index (χ4n) is 0.278. The van der Waals surface area contributed by atoms with Crippen molar-refractivity contribution in [2.24, 2.45) is 0 Å². The summed E-state index contributed by atoms with van der Waals surface area (Å²) in [7, 11) is 0. The lowest BCUT2D eigenvalue weighted by Gasteiger charge is -2.05. The van der Waals surface area contributed by atoms with Crippen molar-refractivity contribution >= 4 is 5.97 Å². The first kappa shape index (κ1) is 9.75. The Kier molecular flexibility index (Phi) is 3.37. The molecule has 62 valence electrons. The number of hydrogen-bond acceptors (Lipinski definition) is 3. The van der Waals surface area contributed by atoms with E-state index in [0.717, 1.165) is 0 Å². The third kappa shape index (κ3) is 6.64. The van der Waals surface area contributed by atoms with Gasteiger partial charge in [-0.2, -0.15) is 18.4 Å². The molecule has 0 radical (unpaired) electrons. The predicted molar refractivity (Wildman–Crippen MR) is 27.2 cm³/mol. The fourth-order valence-corrected chi connectivity index (χ4v) is 0.278. The monoisotopic (exact) mass is 167 g/mol. The molecule has 0 saturated carbocycles. The van der Waals surface area contributed by atoms with Crippen LogP contribution < -0.4 is 0 Å². The molecule has 11 heavy (non-hydrogen) atoms.